The van der Waals surface area contributed by atoms with E-state index in [1.165, 1.54) is 0 Å². The van der Waals surface area contributed by atoms with Crippen molar-refractivity contribution >= 4 is 17.2 Å². The Balaban J connectivity index is 1.89. The Bertz CT molecular complexity index is 558. The number of hydrogen-bond donors (Lipinski definition) is 1. The summed E-state index contributed by atoms with van der Waals surface area (Å²) >= 11 is 1.61. The quantitative estimate of drug-likeness (QED) is 0.887. The predicted molar refractivity (Wildman–Crippen MR) is 80.7 cm³/mol. The summed E-state index contributed by atoms with van der Waals surface area (Å²) < 4.78 is 5.67. The van der Waals surface area contributed by atoms with E-state index >= 15 is 0 Å². The molecular weight excluding hydrogens is 272 g/mol. The fraction of sp³-hybridized carbons (Fsp3) is 0.467. The van der Waals surface area contributed by atoms with E-state index in [4.69, 9.17) is 4.42 Å². The first kappa shape index (κ1) is 14.8. The minimum Gasteiger partial charge on any atom is -0.440 e. The maximum atomic E-state index is 11.6. The largest absolute Gasteiger partial charge is 0.440 e. The molecule has 0 spiro atoms. The van der Waals surface area contributed by atoms with Crippen LogP contribution in [0.1, 0.15) is 31.7 Å². The van der Waals surface area contributed by atoms with Gasteiger partial charge in [0.1, 0.15) is 5.76 Å². The Kier molecular flexibility index (Phi) is 4.95. The van der Waals surface area contributed by atoms with Crippen LogP contribution in [0.15, 0.2) is 21.9 Å². The van der Waals surface area contributed by atoms with Gasteiger partial charge in [0.15, 0.2) is 0 Å². The molecule has 0 aliphatic carbocycles. The lowest BCUT2D eigenvalue weighted by Gasteiger charge is -2.05. The zero-order valence-corrected chi connectivity index (χ0v) is 12.9. The van der Waals surface area contributed by atoms with Crippen molar-refractivity contribution in [3.8, 4) is 10.8 Å². The first-order valence-corrected chi connectivity index (χ1v) is 7.71. The molecule has 0 aliphatic heterocycles. The normalized spacial score (nSPS) is 11.0. The highest BCUT2D eigenvalue weighted by Crippen LogP contribution is 2.25. The molecule has 0 fully saturated rings. The van der Waals surface area contributed by atoms with Gasteiger partial charge in [0.2, 0.25) is 11.8 Å². The molecule has 0 aromatic carbocycles. The van der Waals surface area contributed by atoms with Crippen molar-refractivity contribution in [1.29, 1.82) is 0 Å². The maximum Gasteiger partial charge on any atom is 0.236 e. The second-order valence-corrected chi connectivity index (χ2v) is 6.14. The number of aryl methyl sites for hydroxylation is 1. The summed E-state index contributed by atoms with van der Waals surface area (Å²) in [4.78, 5) is 17.1. The second kappa shape index (κ2) is 6.70. The van der Waals surface area contributed by atoms with E-state index in [1.807, 2.05) is 38.3 Å². The van der Waals surface area contributed by atoms with E-state index in [9.17, 15) is 4.79 Å². The third-order valence-corrected chi connectivity index (χ3v) is 3.76. The van der Waals surface area contributed by atoms with Crippen LogP contribution in [-0.4, -0.2) is 17.4 Å². The lowest BCUT2D eigenvalue weighted by Crippen LogP contribution is -2.26. The second-order valence-electron chi connectivity index (χ2n) is 5.20. The first-order chi connectivity index (χ1) is 9.56. The summed E-state index contributed by atoms with van der Waals surface area (Å²) in [5.74, 6) is 1.97. The topological polar surface area (TPSA) is 55.1 Å². The van der Waals surface area contributed by atoms with Crippen molar-refractivity contribution < 1.29 is 9.21 Å². The number of hydrogen-bond acceptors (Lipinski definition) is 4. The molecule has 0 radical (unpaired) electrons. The average molecular weight is 292 g/mol. The van der Waals surface area contributed by atoms with Gasteiger partial charge >= 0.3 is 0 Å². The minimum absolute atomic E-state index is 0.0969. The first-order valence-electron chi connectivity index (χ1n) is 6.83. The zero-order valence-electron chi connectivity index (χ0n) is 12.1. The number of carbonyl (C=O) groups is 1. The summed E-state index contributed by atoms with van der Waals surface area (Å²) in [6, 6.07) is 3.97. The lowest BCUT2D eigenvalue weighted by molar-refractivity contribution is -0.121. The summed E-state index contributed by atoms with van der Waals surface area (Å²) in [7, 11) is 0. The van der Waals surface area contributed by atoms with Crippen LogP contribution in [-0.2, 0) is 11.2 Å². The van der Waals surface area contributed by atoms with Gasteiger partial charge in [0.05, 0.1) is 10.6 Å². The number of thiophene rings is 1. The van der Waals surface area contributed by atoms with Crippen molar-refractivity contribution in [2.24, 2.45) is 5.92 Å². The maximum absolute atomic E-state index is 11.6. The number of nitrogens with zero attached hydrogens (tertiary/aromatic N) is 1. The van der Waals surface area contributed by atoms with Crippen molar-refractivity contribution in [1.82, 2.24) is 10.3 Å². The molecule has 0 unspecified atom stereocenters. The molecule has 0 saturated carbocycles. The van der Waals surface area contributed by atoms with E-state index < -0.39 is 0 Å². The van der Waals surface area contributed by atoms with Crippen LogP contribution in [0, 0.1) is 12.8 Å². The average Bonchev–Trinajstić information content (AvgIpc) is 2.98. The van der Waals surface area contributed by atoms with Crippen molar-refractivity contribution in [2.45, 2.75) is 33.6 Å². The molecule has 0 atom stereocenters. The van der Waals surface area contributed by atoms with Gasteiger partial charge in [-0.15, -0.1) is 11.3 Å². The van der Waals surface area contributed by atoms with Gasteiger partial charge < -0.3 is 9.73 Å². The van der Waals surface area contributed by atoms with Gasteiger partial charge in [-0.1, -0.05) is 19.9 Å². The number of nitrogens with one attached hydrogen (secondary N) is 1. The molecule has 0 saturated heterocycles. The third-order valence-electron chi connectivity index (χ3n) is 2.90. The molecule has 2 aromatic heterocycles. The highest BCUT2D eigenvalue weighted by molar-refractivity contribution is 7.13. The van der Waals surface area contributed by atoms with Crippen LogP contribution >= 0.6 is 11.3 Å². The predicted octanol–water partition coefficient (Wildman–Crippen LogP) is 3.42. The number of rotatable bonds is 6. The van der Waals surface area contributed by atoms with E-state index in [0.29, 0.717) is 31.2 Å². The van der Waals surface area contributed by atoms with E-state index in [1.54, 1.807) is 11.3 Å². The van der Waals surface area contributed by atoms with Crippen LogP contribution in [0.5, 0.6) is 0 Å². The molecule has 1 amide bonds. The number of aromatic nitrogens is 1. The summed E-state index contributed by atoms with van der Waals surface area (Å²) in [6.45, 7) is 6.58. The fourth-order valence-electron chi connectivity index (χ4n) is 1.93. The Morgan fingerprint density at radius 1 is 1.50 bits per heavy atom. The Hall–Kier alpha value is -1.62. The van der Waals surface area contributed by atoms with Crippen LogP contribution in [0.3, 0.4) is 0 Å². The number of carbonyl (C=O) groups excluding carboxylic acids is 1. The Morgan fingerprint density at radius 3 is 2.95 bits per heavy atom. The van der Waals surface area contributed by atoms with Gasteiger partial charge in [-0.2, -0.15) is 0 Å². The third kappa shape index (κ3) is 3.93. The van der Waals surface area contributed by atoms with E-state index in [0.717, 1.165) is 16.3 Å². The summed E-state index contributed by atoms with van der Waals surface area (Å²) in [5.41, 5.74) is 0.915. The summed E-state index contributed by atoms with van der Waals surface area (Å²) in [6.07, 6.45) is 1.27. The molecule has 0 bridgehead atoms. The molecule has 4 nitrogen and oxygen atoms in total. The van der Waals surface area contributed by atoms with Gasteiger partial charge in [0.25, 0.3) is 0 Å². The molecule has 20 heavy (non-hydrogen) atoms. The molecule has 108 valence electrons. The monoisotopic (exact) mass is 292 g/mol. The summed E-state index contributed by atoms with van der Waals surface area (Å²) in [5, 5.41) is 4.92. The smallest absolute Gasteiger partial charge is 0.236 e. The van der Waals surface area contributed by atoms with Gasteiger partial charge in [0, 0.05) is 19.4 Å². The molecule has 1 N–H and O–H groups in total. The molecule has 2 aromatic rings. The van der Waals surface area contributed by atoms with Crippen LogP contribution in [0.2, 0.25) is 0 Å². The standard InChI is InChI=1S/C15H20N2O2S/c1-10(2)9-14(18)16-7-6-12-11(3)19-15(17-12)13-5-4-8-20-13/h4-5,8,10H,6-7,9H2,1-3H3,(H,16,18). The molecule has 2 rings (SSSR count). The molecule has 2 heterocycles. The number of amides is 1. The van der Waals surface area contributed by atoms with Crippen LogP contribution < -0.4 is 5.32 Å². The van der Waals surface area contributed by atoms with E-state index in [2.05, 4.69) is 10.3 Å². The van der Waals surface area contributed by atoms with Crippen molar-refractivity contribution in [3.63, 3.8) is 0 Å². The Morgan fingerprint density at radius 2 is 2.30 bits per heavy atom. The van der Waals surface area contributed by atoms with Crippen LogP contribution in [0.25, 0.3) is 10.8 Å². The van der Waals surface area contributed by atoms with Gasteiger partial charge in [-0.25, -0.2) is 4.98 Å². The van der Waals surface area contributed by atoms with Gasteiger partial charge in [-0.05, 0) is 24.3 Å². The SMILES string of the molecule is Cc1oc(-c2cccs2)nc1CCNC(=O)CC(C)C. The molecular formula is C15H20N2O2S. The van der Waals surface area contributed by atoms with E-state index in [-0.39, 0.29) is 5.91 Å². The molecule has 5 heteroatoms. The van der Waals surface area contributed by atoms with Crippen LogP contribution in [0.4, 0.5) is 0 Å². The van der Waals surface area contributed by atoms with Gasteiger partial charge in [-0.3, -0.25) is 4.79 Å². The van der Waals surface area contributed by atoms with Crippen molar-refractivity contribution in [2.75, 3.05) is 6.54 Å². The number of oxazole rings is 1. The highest BCUT2D eigenvalue weighted by Gasteiger charge is 2.12. The molecule has 0 aliphatic rings. The van der Waals surface area contributed by atoms with Crippen molar-refractivity contribution in [3.05, 3.63) is 29.0 Å². The minimum atomic E-state index is 0.0969. The fourth-order valence-corrected chi connectivity index (χ4v) is 2.58. The Labute approximate surface area is 123 Å². The highest BCUT2D eigenvalue weighted by atomic mass is 32.1. The zero-order chi connectivity index (χ0) is 14.5. The lowest BCUT2D eigenvalue weighted by atomic mass is 10.1.